The van der Waals surface area contributed by atoms with Gasteiger partial charge in [0.15, 0.2) is 5.78 Å². The molecule has 0 unspecified atom stereocenters. The Morgan fingerprint density at radius 2 is 2.21 bits per heavy atom. The minimum atomic E-state index is -0.374. The predicted octanol–water partition coefficient (Wildman–Crippen LogP) is 4.47. The van der Waals surface area contributed by atoms with Gasteiger partial charge in [0.25, 0.3) is 0 Å². The Balaban J connectivity index is 2.53. The number of oxime groups is 1. The van der Waals surface area contributed by atoms with Gasteiger partial charge in [-0.15, -0.1) is 0 Å². The average Bonchev–Trinajstić information content (AvgIpc) is 2.46. The van der Waals surface area contributed by atoms with Gasteiger partial charge in [0.2, 0.25) is 0 Å². The molecule has 0 radical (unpaired) electrons. The van der Waals surface area contributed by atoms with Crippen LogP contribution in [0, 0.1) is 12.3 Å². The summed E-state index contributed by atoms with van der Waals surface area (Å²) in [5.74, 6) is -0.287. The molecule has 128 valence electrons. The molecule has 0 aromatic heterocycles. The minimum absolute atomic E-state index is 0.0744. The third-order valence-corrected chi connectivity index (χ3v) is 4.34. The van der Waals surface area contributed by atoms with Crippen molar-refractivity contribution in [2.75, 3.05) is 6.61 Å². The molecule has 1 atom stereocenters. The SMILES string of the molecule is C=CCO/N=C(/C)C1=C(O)[C@@H](c2cccc(C)c2)C(C)(C)CC1=O. The van der Waals surface area contributed by atoms with Crippen LogP contribution in [-0.2, 0) is 9.63 Å². The number of rotatable bonds is 5. The number of hydrogen-bond acceptors (Lipinski definition) is 4. The van der Waals surface area contributed by atoms with Crippen molar-refractivity contribution in [2.24, 2.45) is 10.6 Å². The van der Waals surface area contributed by atoms with E-state index >= 15 is 0 Å². The van der Waals surface area contributed by atoms with Crippen molar-refractivity contribution in [3.05, 3.63) is 59.4 Å². The molecule has 1 aliphatic carbocycles. The first-order valence-corrected chi connectivity index (χ1v) is 8.08. The molecule has 4 nitrogen and oxygen atoms in total. The lowest BCUT2D eigenvalue weighted by molar-refractivity contribution is -0.118. The largest absolute Gasteiger partial charge is 0.511 e. The van der Waals surface area contributed by atoms with E-state index in [2.05, 4.69) is 17.8 Å². The van der Waals surface area contributed by atoms with Gasteiger partial charge in [0.05, 0.1) is 11.3 Å². The first-order valence-electron chi connectivity index (χ1n) is 8.08. The van der Waals surface area contributed by atoms with E-state index in [0.717, 1.165) is 11.1 Å². The number of ketones is 1. The second-order valence-corrected chi connectivity index (χ2v) is 6.96. The maximum absolute atomic E-state index is 12.6. The smallest absolute Gasteiger partial charge is 0.168 e. The molecule has 1 N–H and O–H groups in total. The molecule has 0 saturated heterocycles. The molecule has 0 bridgehead atoms. The van der Waals surface area contributed by atoms with Crippen LogP contribution in [0.25, 0.3) is 0 Å². The molecular formula is C20H25NO3. The van der Waals surface area contributed by atoms with Crippen molar-refractivity contribution < 1.29 is 14.7 Å². The number of hydrogen-bond donors (Lipinski definition) is 1. The highest BCUT2D eigenvalue weighted by molar-refractivity contribution is 6.22. The molecule has 1 aromatic rings. The molecule has 0 fully saturated rings. The molecule has 4 heteroatoms. The Kier molecular flexibility index (Phi) is 5.27. The van der Waals surface area contributed by atoms with Crippen molar-refractivity contribution in [2.45, 2.75) is 40.0 Å². The summed E-state index contributed by atoms with van der Waals surface area (Å²) in [4.78, 5) is 17.6. The fraction of sp³-hybridized carbons (Fsp3) is 0.400. The quantitative estimate of drug-likeness (QED) is 0.376. The average molecular weight is 327 g/mol. The van der Waals surface area contributed by atoms with Gasteiger partial charge in [-0.25, -0.2) is 0 Å². The van der Waals surface area contributed by atoms with Crippen LogP contribution in [0.2, 0.25) is 0 Å². The normalized spacial score (nSPS) is 20.9. The van der Waals surface area contributed by atoms with Crippen LogP contribution in [0.5, 0.6) is 0 Å². The van der Waals surface area contributed by atoms with Crippen LogP contribution >= 0.6 is 0 Å². The van der Waals surface area contributed by atoms with Crippen LogP contribution in [-0.4, -0.2) is 23.2 Å². The zero-order chi connectivity index (χ0) is 17.9. The number of aryl methyl sites for hydroxylation is 1. The minimum Gasteiger partial charge on any atom is -0.511 e. The van der Waals surface area contributed by atoms with Gasteiger partial charge in [-0.05, 0) is 24.8 Å². The summed E-state index contributed by atoms with van der Waals surface area (Å²) in [7, 11) is 0. The van der Waals surface area contributed by atoms with E-state index in [9.17, 15) is 9.90 Å². The molecule has 1 aliphatic rings. The fourth-order valence-corrected chi connectivity index (χ4v) is 3.34. The molecule has 1 aromatic carbocycles. The number of benzene rings is 1. The van der Waals surface area contributed by atoms with Crippen molar-refractivity contribution in [1.82, 2.24) is 0 Å². The first kappa shape index (κ1) is 18.0. The molecular weight excluding hydrogens is 302 g/mol. The number of allylic oxidation sites excluding steroid dienone is 2. The maximum Gasteiger partial charge on any atom is 0.168 e. The van der Waals surface area contributed by atoms with E-state index in [1.54, 1.807) is 13.0 Å². The van der Waals surface area contributed by atoms with Gasteiger partial charge < -0.3 is 9.94 Å². The van der Waals surface area contributed by atoms with Crippen LogP contribution < -0.4 is 0 Å². The molecule has 0 saturated carbocycles. The molecule has 2 rings (SSSR count). The lowest BCUT2D eigenvalue weighted by atomic mass is 9.65. The number of Topliss-reactive ketones (excluding diaryl/α,β-unsaturated/α-hetero) is 1. The lowest BCUT2D eigenvalue weighted by Crippen LogP contribution is -2.35. The van der Waals surface area contributed by atoms with Gasteiger partial charge in [0, 0.05) is 12.3 Å². The van der Waals surface area contributed by atoms with E-state index in [1.807, 2.05) is 39.0 Å². The molecule has 0 heterocycles. The Morgan fingerprint density at radius 3 is 2.83 bits per heavy atom. The van der Waals surface area contributed by atoms with Gasteiger partial charge in [0.1, 0.15) is 12.4 Å². The van der Waals surface area contributed by atoms with E-state index in [-0.39, 0.29) is 35.1 Å². The molecule has 0 spiro atoms. The van der Waals surface area contributed by atoms with Crippen LogP contribution in [0.4, 0.5) is 0 Å². The van der Waals surface area contributed by atoms with Crippen LogP contribution in [0.15, 0.2) is 53.4 Å². The summed E-state index contributed by atoms with van der Waals surface area (Å²) in [5.41, 5.74) is 2.41. The first-order chi connectivity index (χ1) is 11.3. The Labute approximate surface area is 143 Å². The predicted molar refractivity (Wildman–Crippen MR) is 96.2 cm³/mol. The van der Waals surface area contributed by atoms with E-state index in [4.69, 9.17) is 4.84 Å². The zero-order valence-corrected chi connectivity index (χ0v) is 14.8. The van der Waals surface area contributed by atoms with Gasteiger partial charge in [-0.3, -0.25) is 4.79 Å². The summed E-state index contributed by atoms with van der Waals surface area (Å²) in [6.45, 7) is 11.5. The van der Waals surface area contributed by atoms with Crippen LogP contribution in [0.3, 0.4) is 0 Å². The monoisotopic (exact) mass is 327 g/mol. The number of aliphatic hydroxyl groups excluding tert-OH is 1. The van der Waals surface area contributed by atoms with Crippen molar-refractivity contribution in [1.29, 1.82) is 0 Å². The Bertz CT molecular complexity index is 713. The van der Waals surface area contributed by atoms with Crippen LogP contribution in [0.1, 0.15) is 44.2 Å². The highest BCUT2D eigenvalue weighted by Gasteiger charge is 2.43. The Morgan fingerprint density at radius 1 is 1.50 bits per heavy atom. The molecule has 0 aliphatic heterocycles. The topological polar surface area (TPSA) is 58.9 Å². The number of carbonyl (C=O) groups excluding carboxylic acids is 1. The number of aliphatic hydroxyl groups is 1. The summed E-state index contributed by atoms with van der Waals surface area (Å²) in [5, 5.41) is 14.8. The number of carbonyl (C=O) groups is 1. The third kappa shape index (κ3) is 3.58. The summed E-state index contributed by atoms with van der Waals surface area (Å²) >= 11 is 0. The standard InChI is InChI=1S/C20H25NO3/c1-6-10-24-21-14(3)17-16(22)12-20(4,5)18(19(17)23)15-9-7-8-13(2)11-15/h6-9,11,18,23H,1,10,12H2,2-5H3/b21-14-/t18-/m1/s1. The van der Waals surface area contributed by atoms with Crippen molar-refractivity contribution in [3.8, 4) is 0 Å². The van der Waals surface area contributed by atoms with Gasteiger partial charge in [-0.1, -0.05) is 61.5 Å². The zero-order valence-electron chi connectivity index (χ0n) is 14.8. The van der Waals surface area contributed by atoms with E-state index < -0.39 is 0 Å². The highest BCUT2D eigenvalue weighted by atomic mass is 16.6. The second kappa shape index (κ2) is 7.04. The summed E-state index contributed by atoms with van der Waals surface area (Å²) in [6.07, 6.45) is 1.92. The van der Waals surface area contributed by atoms with Gasteiger partial charge in [-0.2, -0.15) is 0 Å². The molecule has 0 amide bonds. The third-order valence-electron chi connectivity index (χ3n) is 4.34. The fourth-order valence-electron chi connectivity index (χ4n) is 3.34. The second-order valence-electron chi connectivity index (χ2n) is 6.96. The summed E-state index contributed by atoms with van der Waals surface area (Å²) in [6, 6.07) is 8.03. The van der Waals surface area contributed by atoms with E-state index in [0.29, 0.717) is 12.1 Å². The van der Waals surface area contributed by atoms with E-state index in [1.165, 1.54) is 0 Å². The van der Waals surface area contributed by atoms with Gasteiger partial charge >= 0.3 is 0 Å². The lowest BCUT2D eigenvalue weighted by Gasteiger charge is -2.38. The highest BCUT2D eigenvalue weighted by Crippen LogP contribution is 2.47. The maximum atomic E-state index is 12.6. The Hall–Kier alpha value is -2.36. The number of nitrogens with zero attached hydrogens (tertiary/aromatic N) is 1. The summed E-state index contributed by atoms with van der Waals surface area (Å²) < 4.78 is 0. The van der Waals surface area contributed by atoms with Crippen molar-refractivity contribution >= 4 is 11.5 Å². The van der Waals surface area contributed by atoms with Crippen molar-refractivity contribution in [3.63, 3.8) is 0 Å². The molecule has 24 heavy (non-hydrogen) atoms.